The number of amides is 2. The van der Waals surface area contributed by atoms with Crippen molar-refractivity contribution in [2.24, 2.45) is 0 Å². The summed E-state index contributed by atoms with van der Waals surface area (Å²) in [5, 5.41) is 3.26. The molecule has 0 aromatic rings. The summed E-state index contributed by atoms with van der Waals surface area (Å²) in [7, 11) is 0. The van der Waals surface area contributed by atoms with Gasteiger partial charge in [-0.15, -0.1) is 0 Å². The zero-order valence-electron chi connectivity index (χ0n) is 12.0. The highest BCUT2D eigenvalue weighted by Gasteiger charge is 2.33. The molecule has 1 N–H and O–H groups in total. The predicted octanol–water partition coefficient (Wildman–Crippen LogP) is 0.598. The number of piperidine rings is 1. The van der Waals surface area contributed by atoms with E-state index in [2.05, 4.69) is 5.32 Å². The van der Waals surface area contributed by atoms with Crippen molar-refractivity contribution in [1.29, 1.82) is 0 Å². The zero-order chi connectivity index (χ0) is 13.8. The number of carbonyl (C=O) groups is 2. The fourth-order valence-corrected chi connectivity index (χ4v) is 2.86. The summed E-state index contributed by atoms with van der Waals surface area (Å²) < 4.78 is 0. The van der Waals surface area contributed by atoms with Gasteiger partial charge in [0.1, 0.15) is 0 Å². The molecule has 0 radical (unpaired) electrons. The molecule has 2 fully saturated rings. The minimum Gasteiger partial charge on any atom is -0.341 e. The summed E-state index contributed by atoms with van der Waals surface area (Å²) >= 11 is 0. The Hall–Kier alpha value is -1.10. The minimum atomic E-state index is -0.103. The highest BCUT2D eigenvalue weighted by atomic mass is 16.2. The highest BCUT2D eigenvalue weighted by molar-refractivity contribution is 5.89. The molecule has 0 spiro atoms. The molecule has 108 valence electrons. The van der Waals surface area contributed by atoms with E-state index in [1.165, 1.54) is 6.42 Å². The summed E-state index contributed by atoms with van der Waals surface area (Å²) in [5.74, 6) is 0.192. The Morgan fingerprint density at radius 3 is 2.58 bits per heavy atom. The number of nitrogens with one attached hydrogen (secondary N) is 1. The van der Waals surface area contributed by atoms with E-state index in [0.29, 0.717) is 12.6 Å². The summed E-state index contributed by atoms with van der Waals surface area (Å²) in [4.78, 5) is 27.9. The number of carbonyl (C=O) groups excluding carboxylic acids is 2. The van der Waals surface area contributed by atoms with Crippen molar-refractivity contribution < 1.29 is 9.59 Å². The third-order valence-electron chi connectivity index (χ3n) is 3.87. The lowest BCUT2D eigenvalue weighted by molar-refractivity contribution is -0.139. The van der Waals surface area contributed by atoms with Crippen LogP contribution in [0.5, 0.6) is 0 Å². The van der Waals surface area contributed by atoms with E-state index in [0.717, 1.165) is 32.4 Å². The summed E-state index contributed by atoms with van der Waals surface area (Å²) in [5.41, 5.74) is 0. The maximum atomic E-state index is 12.2. The number of likely N-dealkylation sites (tertiary alicyclic amines) is 2. The van der Waals surface area contributed by atoms with Crippen LogP contribution in [0, 0.1) is 0 Å². The quantitative estimate of drug-likeness (QED) is 0.811. The maximum absolute atomic E-state index is 12.2. The molecule has 2 aliphatic rings. The molecule has 2 saturated heterocycles. The number of hydrogen-bond donors (Lipinski definition) is 1. The van der Waals surface area contributed by atoms with E-state index in [1.807, 2.05) is 18.7 Å². The Balaban J connectivity index is 1.82. The van der Waals surface area contributed by atoms with Gasteiger partial charge in [0.2, 0.25) is 11.8 Å². The lowest BCUT2D eigenvalue weighted by atomic mass is 10.1. The highest BCUT2D eigenvalue weighted by Crippen LogP contribution is 2.14. The van der Waals surface area contributed by atoms with E-state index >= 15 is 0 Å². The lowest BCUT2D eigenvalue weighted by Crippen LogP contribution is -2.46. The van der Waals surface area contributed by atoms with Crippen LogP contribution in [0.15, 0.2) is 0 Å². The molecule has 1 unspecified atom stereocenters. The van der Waals surface area contributed by atoms with Crippen molar-refractivity contribution in [1.82, 2.24) is 15.1 Å². The van der Waals surface area contributed by atoms with Crippen molar-refractivity contribution in [3.63, 3.8) is 0 Å². The Labute approximate surface area is 115 Å². The van der Waals surface area contributed by atoms with Gasteiger partial charge in [0.05, 0.1) is 12.6 Å². The van der Waals surface area contributed by atoms with Gasteiger partial charge < -0.3 is 15.1 Å². The predicted molar refractivity (Wildman–Crippen MR) is 73.7 cm³/mol. The van der Waals surface area contributed by atoms with Crippen LogP contribution in [0.25, 0.3) is 0 Å². The van der Waals surface area contributed by atoms with E-state index in [9.17, 15) is 9.59 Å². The summed E-state index contributed by atoms with van der Waals surface area (Å²) in [6, 6.07) is 0.195. The van der Waals surface area contributed by atoms with E-state index < -0.39 is 0 Å². The number of rotatable bonds is 4. The molecule has 0 aromatic heterocycles. The average Bonchev–Trinajstić information content (AvgIpc) is 2.72. The zero-order valence-corrected chi connectivity index (χ0v) is 12.0. The maximum Gasteiger partial charge on any atom is 0.242 e. The van der Waals surface area contributed by atoms with Crippen LogP contribution in [-0.2, 0) is 9.59 Å². The standard InChI is InChI=1S/C14H25N3O2/c1-11(2)15-12-6-9-17(14(12)19)10-13(18)16-7-4-3-5-8-16/h11-12,15H,3-10H2,1-2H3. The molecule has 0 bridgehead atoms. The molecule has 2 aliphatic heterocycles. The SMILES string of the molecule is CC(C)NC1CCN(CC(=O)N2CCCCC2)C1=O. The van der Waals surface area contributed by atoms with Crippen LogP contribution in [0.2, 0.25) is 0 Å². The largest absolute Gasteiger partial charge is 0.341 e. The molecule has 0 saturated carbocycles. The molecule has 1 atom stereocenters. The van der Waals surface area contributed by atoms with Crippen LogP contribution >= 0.6 is 0 Å². The fraction of sp³-hybridized carbons (Fsp3) is 0.857. The second kappa shape index (κ2) is 6.37. The van der Waals surface area contributed by atoms with Gasteiger partial charge in [-0.05, 0) is 25.7 Å². The minimum absolute atomic E-state index is 0.0825. The molecule has 0 aromatic carbocycles. The second-order valence-electron chi connectivity index (χ2n) is 5.86. The lowest BCUT2D eigenvalue weighted by Gasteiger charge is -2.28. The van der Waals surface area contributed by atoms with Crippen LogP contribution in [0.1, 0.15) is 39.5 Å². The molecule has 0 aliphatic carbocycles. The van der Waals surface area contributed by atoms with Crippen LogP contribution in [0.3, 0.4) is 0 Å². The first-order chi connectivity index (χ1) is 9.08. The molecule has 5 nitrogen and oxygen atoms in total. The van der Waals surface area contributed by atoms with Crippen molar-refractivity contribution in [2.75, 3.05) is 26.2 Å². The first-order valence-electron chi connectivity index (χ1n) is 7.40. The first kappa shape index (κ1) is 14.3. The Morgan fingerprint density at radius 2 is 1.95 bits per heavy atom. The van der Waals surface area contributed by atoms with Gasteiger partial charge in [0.25, 0.3) is 0 Å². The van der Waals surface area contributed by atoms with Crippen molar-refractivity contribution >= 4 is 11.8 Å². The molecule has 19 heavy (non-hydrogen) atoms. The van der Waals surface area contributed by atoms with Crippen LogP contribution in [-0.4, -0.2) is 59.9 Å². The van der Waals surface area contributed by atoms with Gasteiger partial charge in [-0.2, -0.15) is 0 Å². The van der Waals surface area contributed by atoms with E-state index in [-0.39, 0.29) is 24.4 Å². The molecule has 5 heteroatoms. The second-order valence-corrected chi connectivity index (χ2v) is 5.86. The Morgan fingerprint density at radius 1 is 1.26 bits per heavy atom. The average molecular weight is 267 g/mol. The molecule has 2 rings (SSSR count). The topological polar surface area (TPSA) is 52.7 Å². The monoisotopic (exact) mass is 267 g/mol. The van der Waals surface area contributed by atoms with E-state index in [4.69, 9.17) is 0 Å². The third-order valence-corrected chi connectivity index (χ3v) is 3.87. The van der Waals surface area contributed by atoms with Gasteiger partial charge in [-0.25, -0.2) is 0 Å². The number of nitrogens with zero attached hydrogens (tertiary/aromatic N) is 2. The van der Waals surface area contributed by atoms with E-state index in [1.54, 1.807) is 4.90 Å². The van der Waals surface area contributed by atoms with Crippen molar-refractivity contribution in [3.05, 3.63) is 0 Å². The summed E-state index contributed by atoms with van der Waals surface area (Å²) in [6.07, 6.45) is 4.21. The fourth-order valence-electron chi connectivity index (χ4n) is 2.86. The van der Waals surface area contributed by atoms with Crippen LogP contribution < -0.4 is 5.32 Å². The Kier molecular flexibility index (Phi) is 4.80. The first-order valence-corrected chi connectivity index (χ1v) is 7.40. The van der Waals surface area contributed by atoms with Gasteiger partial charge in [0.15, 0.2) is 0 Å². The summed E-state index contributed by atoms with van der Waals surface area (Å²) in [6.45, 7) is 6.74. The normalized spacial score (nSPS) is 24.4. The van der Waals surface area contributed by atoms with Gasteiger partial charge in [-0.1, -0.05) is 13.8 Å². The third kappa shape index (κ3) is 3.69. The van der Waals surface area contributed by atoms with Crippen molar-refractivity contribution in [2.45, 2.75) is 51.6 Å². The number of hydrogen-bond acceptors (Lipinski definition) is 3. The van der Waals surface area contributed by atoms with Crippen LogP contribution in [0.4, 0.5) is 0 Å². The Bertz CT molecular complexity index is 338. The molecular weight excluding hydrogens is 242 g/mol. The van der Waals surface area contributed by atoms with Gasteiger partial charge in [0, 0.05) is 25.7 Å². The molecular formula is C14H25N3O2. The smallest absolute Gasteiger partial charge is 0.242 e. The van der Waals surface area contributed by atoms with Gasteiger partial charge in [-0.3, -0.25) is 9.59 Å². The van der Waals surface area contributed by atoms with Gasteiger partial charge >= 0.3 is 0 Å². The molecule has 2 amide bonds. The molecule has 2 heterocycles. The van der Waals surface area contributed by atoms with Crippen molar-refractivity contribution in [3.8, 4) is 0 Å².